The van der Waals surface area contributed by atoms with Crippen LogP contribution in [-0.4, -0.2) is 34.1 Å². The van der Waals surface area contributed by atoms with Gasteiger partial charge in [-0.15, -0.1) is 0 Å². The van der Waals surface area contributed by atoms with E-state index in [-0.39, 0.29) is 23.0 Å². The van der Waals surface area contributed by atoms with Crippen LogP contribution in [0.25, 0.3) is 6.08 Å². The first kappa shape index (κ1) is 20.1. The third kappa shape index (κ3) is 4.06. The number of anilines is 1. The van der Waals surface area contributed by atoms with Crippen LogP contribution in [0, 0.1) is 15.9 Å². The Balaban J connectivity index is 1.52. The van der Waals surface area contributed by atoms with Gasteiger partial charge in [0.2, 0.25) is 0 Å². The lowest BCUT2D eigenvalue weighted by Crippen LogP contribution is -2.27. The van der Waals surface area contributed by atoms with Gasteiger partial charge in [0, 0.05) is 25.2 Å². The van der Waals surface area contributed by atoms with Crippen molar-refractivity contribution in [2.24, 2.45) is 0 Å². The van der Waals surface area contributed by atoms with Crippen LogP contribution in [-0.2, 0) is 11.3 Å². The summed E-state index contributed by atoms with van der Waals surface area (Å²) in [4.78, 5) is 38.6. The molecule has 2 aromatic carbocycles. The van der Waals surface area contributed by atoms with Crippen molar-refractivity contribution in [3.05, 3.63) is 74.4 Å². The lowest BCUT2D eigenvalue weighted by Gasteiger charge is -2.18. The van der Waals surface area contributed by atoms with E-state index in [2.05, 4.69) is 0 Å². The van der Waals surface area contributed by atoms with E-state index in [1.807, 2.05) is 4.90 Å². The van der Waals surface area contributed by atoms with Crippen molar-refractivity contribution in [1.82, 2.24) is 4.90 Å². The smallest absolute Gasteiger partial charge is 0.293 e. The minimum atomic E-state index is -0.530. The van der Waals surface area contributed by atoms with E-state index < -0.39 is 16.1 Å². The standard InChI is InChI=1S/C21H18FN3O4S/c22-17-11-14(6-7-18(17)23-8-1-2-9-23)12-19-20(26)24(21(27)30-19)13-15-4-3-5-16(10-15)25(28)29/h3-7,10-12H,1-2,8-9,13H2/b19-12+. The van der Waals surface area contributed by atoms with Crippen LogP contribution in [0.5, 0.6) is 0 Å². The lowest BCUT2D eigenvalue weighted by atomic mass is 10.1. The predicted octanol–water partition coefficient (Wildman–Crippen LogP) is 4.57. The second kappa shape index (κ2) is 8.27. The van der Waals surface area contributed by atoms with Gasteiger partial charge < -0.3 is 4.90 Å². The van der Waals surface area contributed by atoms with Gasteiger partial charge >= 0.3 is 0 Å². The fourth-order valence-corrected chi connectivity index (χ4v) is 4.40. The van der Waals surface area contributed by atoms with Crippen molar-refractivity contribution in [3.8, 4) is 0 Å². The first-order valence-corrected chi connectivity index (χ1v) is 10.3. The Morgan fingerprint density at radius 1 is 1.13 bits per heavy atom. The van der Waals surface area contributed by atoms with Crippen LogP contribution < -0.4 is 4.90 Å². The van der Waals surface area contributed by atoms with Crippen molar-refractivity contribution >= 4 is 40.4 Å². The van der Waals surface area contributed by atoms with Gasteiger partial charge in [-0.1, -0.05) is 18.2 Å². The lowest BCUT2D eigenvalue weighted by molar-refractivity contribution is -0.384. The van der Waals surface area contributed by atoms with Crippen LogP contribution in [0.3, 0.4) is 0 Å². The predicted molar refractivity (Wildman–Crippen MR) is 112 cm³/mol. The van der Waals surface area contributed by atoms with E-state index in [0.717, 1.165) is 42.6 Å². The summed E-state index contributed by atoms with van der Waals surface area (Å²) in [5, 5.41) is 10.5. The Bertz CT molecular complexity index is 1070. The second-order valence-electron chi connectivity index (χ2n) is 7.10. The van der Waals surface area contributed by atoms with Gasteiger partial charge in [0.05, 0.1) is 22.1 Å². The first-order valence-electron chi connectivity index (χ1n) is 9.45. The highest BCUT2D eigenvalue weighted by molar-refractivity contribution is 8.18. The zero-order chi connectivity index (χ0) is 21.3. The average Bonchev–Trinajstić information content (AvgIpc) is 3.33. The number of nitrogens with zero attached hydrogens (tertiary/aromatic N) is 3. The summed E-state index contributed by atoms with van der Waals surface area (Å²) in [6.45, 7) is 1.59. The number of non-ortho nitro benzene ring substituents is 1. The van der Waals surface area contributed by atoms with Gasteiger partial charge in [0.1, 0.15) is 5.82 Å². The maximum absolute atomic E-state index is 14.5. The van der Waals surface area contributed by atoms with Crippen LogP contribution in [0.4, 0.5) is 20.6 Å². The van der Waals surface area contributed by atoms with E-state index in [0.29, 0.717) is 16.8 Å². The average molecular weight is 427 g/mol. The van der Waals surface area contributed by atoms with Gasteiger partial charge in [-0.3, -0.25) is 24.6 Å². The number of nitro groups is 1. The topological polar surface area (TPSA) is 83.8 Å². The molecule has 0 saturated carbocycles. The number of carbonyl (C=O) groups excluding carboxylic acids is 2. The van der Waals surface area contributed by atoms with Crippen LogP contribution >= 0.6 is 11.8 Å². The molecule has 2 aliphatic heterocycles. The molecular formula is C21H18FN3O4S. The second-order valence-corrected chi connectivity index (χ2v) is 8.09. The largest absolute Gasteiger partial charge is 0.369 e. The molecule has 4 rings (SSSR count). The van der Waals surface area contributed by atoms with Gasteiger partial charge in [0.15, 0.2) is 0 Å². The van der Waals surface area contributed by atoms with Gasteiger partial charge in [0.25, 0.3) is 16.8 Å². The van der Waals surface area contributed by atoms with Crippen LogP contribution in [0.15, 0.2) is 47.4 Å². The van der Waals surface area contributed by atoms with Crippen molar-refractivity contribution < 1.29 is 18.9 Å². The van der Waals surface area contributed by atoms with E-state index in [4.69, 9.17) is 0 Å². The number of imide groups is 1. The molecule has 0 aromatic heterocycles. The number of amides is 2. The van der Waals surface area contributed by atoms with Crippen molar-refractivity contribution in [3.63, 3.8) is 0 Å². The summed E-state index contributed by atoms with van der Waals surface area (Å²) in [5.74, 6) is -0.859. The minimum Gasteiger partial charge on any atom is -0.369 e. The molecule has 2 heterocycles. The molecule has 0 unspecified atom stereocenters. The number of thioether (sulfide) groups is 1. The summed E-state index contributed by atoms with van der Waals surface area (Å²) in [6, 6.07) is 10.6. The van der Waals surface area contributed by atoms with Crippen molar-refractivity contribution in [2.75, 3.05) is 18.0 Å². The SMILES string of the molecule is O=C1S/C(=C/c2ccc(N3CCCC3)c(F)c2)C(=O)N1Cc1cccc([N+](=O)[O-])c1. The molecule has 0 spiro atoms. The molecule has 154 valence electrons. The molecular weight excluding hydrogens is 409 g/mol. The third-order valence-corrected chi connectivity index (χ3v) is 5.96. The molecule has 0 aliphatic carbocycles. The number of carbonyl (C=O) groups is 2. The highest BCUT2D eigenvalue weighted by Gasteiger charge is 2.35. The summed E-state index contributed by atoms with van der Waals surface area (Å²) in [5.41, 5.74) is 1.41. The Labute approximate surface area is 176 Å². The Morgan fingerprint density at radius 2 is 1.90 bits per heavy atom. The quantitative estimate of drug-likeness (QED) is 0.395. The maximum Gasteiger partial charge on any atom is 0.293 e. The molecule has 9 heteroatoms. The highest BCUT2D eigenvalue weighted by Crippen LogP contribution is 2.34. The maximum atomic E-state index is 14.5. The number of halogens is 1. The van der Waals surface area contributed by atoms with E-state index in [1.54, 1.807) is 18.2 Å². The summed E-state index contributed by atoms with van der Waals surface area (Å²) < 4.78 is 14.5. The molecule has 0 radical (unpaired) electrons. The summed E-state index contributed by atoms with van der Waals surface area (Å²) in [6.07, 6.45) is 3.58. The molecule has 30 heavy (non-hydrogen) atoms. The number of nitro benzene ring substituents is 1. The highest BCUT2D eigenvalue weighted by atomic mass is 32.2. The molecule has 0 N–H and O–H groups in total. The molecule has 2 fully saturated rings. The summed E-state index contributed by atoms with van der Waals surface area (Å²) in [7, 11) is 0. The third-order valence-electron chi connectivity index (χ3n) is 5.05. The molecule has 2 aromatic rings. The monoisotopic (exact) mass is 427 g/mol. The first-order chi connectivity index (χ1) is 14.4. The van der Waals surface area contributed by atoms with Crippen LogP contribution in [0.2, 0.25) is 0 Å². The molecule has 0 bridgehead atoms. The van der Waals surface area contributed by atoms with Crippen LogP contribution in [0.1, 0.15) is 24.0 Å². The number of rotatable bonds is 5. The van der Waals surface area contributed by atoms with Gasteiger partial charge in [-0.05, 0) is 53.9 Å². The Kier molecular flexibility index (Phi) is 5.54. The fourth-order valence-electron chi connectivity index (χ4n) is 3.57. The molecule has 0 atom stereocenters. The van der Waals surface area contributed by atoms with E-state index in [1.165, 1.54) is 30.3 Å². The normalized spacial score (nSPS) is 18.0. The molecule has 2 aliphatic rings. The van der Waals surface area contributed by atoms with Gasteiger partial charge in [-0.2, -0.15) is 0 Å². The Morgan fingerprint density at radius 3 is 2.60 bits per heavy atom. The zero-order valence-corrected chi connectivity index (χ0v) is 16.7. The fraction of sp³-hybridized carbons (Fsp3) is 0.238. The minimum absolute atomic E-state index is 0.0635. The number of hydrogen-bond donors (Lipinski definition) is 0. The van der Waals surface area contributed by atoms with E-state index >= 15 is 0 Å². The molecule has 2 amide bonds. The van der Waals surface area contributed by atoms with Crippen molar-refractivity contribution in [1.29, 1.82) is 0 Å². The van der Waals surface area contributed by atoms with Crippen molar-refractivity contribution in [2.45, 2.75) is 19.4 Å². The zero-order valence-electron chi connectivity index (χ0n) is 15.9. The number of benzene rings is 2. The molecule has 7 nitrogen and oxygen atoms in total. The Hall–Kier alpha value is -3.20. The van der Waals surface area contributed by atoms with E-state index in [9.17, 15) is 24.1 Å². The molecule has 2 saturated heterocycles. The summed E-state index contributed by atoms with van der Waals surface area (Å²) >= 11 is 0.774. The number of hydrogen-bond acceptors (Lipinski definition) is 6. The van der Waals surface area contributed by atoms with Gasteiger partial charge in [-0.25, -0.2) is 4.39 Å².